The van der Waals surface area contributed by atoms with Gasteiger partial charge in [0.25, 0.3) is 5.56 Å². The zero-order chi connectivity index (χ0) is 14.6. The molecule has 0 aliphatic heterocycles. The van der Waals surface area contributed by atoms with Crippen LogP contribution in [0.3, 0.4) is 0 Å². The first-order chi connectivity index (χ1) is 8.70. The number of aromatic nitrogens is 3. The number of thioether (sulfide) groups is 1. The van der Waals surface area contributed by atoms with E-state index in [0.29, 0.717) is 16.4 Å². The number of carbonyl (C=O) groups excluding carboxylic acids is 1. The second-order valence-electron chi connectivity index (χ2n) is 3.42. The Bertz CT molecular complexity index is 530. The maximum Gasteiger partial charge on any atom is 0.405 e. The van der Waals surface area contributed by atoms with Crippen LogP contribution in [0.25, 0.3) is 0 Å². The van der Waals surface area contributed by atoms with Crippen LogP contribution < -0.4 is 16.7 Å². The van der Waals surface area contributed by atoms with Crippen molar-refractivity contribution in [2.24, 2.45) is 0 Å². The predicted molar refractivity (Wildman–Crippen MR) is 61.0 cm³/mol. The molecule has 0 fully saturated rings. The molecular weight excluding hydrogens is 287 g/mol. The van der Waals surface area contributed by atoms with Gasteiger partial charge in [-0.3, -0.25) is 9.59 Å². The Morgan fingerprint density at radius 1 is 1.47 bits per heavy atom. The van der Waals surface area contributed by atoms with E-state index in [1.807, 2.05) is 0 Å². The number of amides is 1. The largest absolute Gasteiger partial charge is 0.405 e. The van der Waals surface area contributed by atoms with Crippen LogP contribution in [-0.4, -0.2) is 39.3 Å². The molecule has 1 aromatic heterocycles. The molecule has 106 valence electrons. The van der Waals surface area contributed by atoms with Crippen molar-refractivity contribution in [3.05, 3.63) is 16.0 Å². The molecule has 1 rings (SSSR count). The minimum absolute atomic E-state index is 0.0576. The van der Waals surface area contributed by atoms with Crippen molar-refractivity contribution in [3.8, 4) is 0 Å². The third kappa shape index (κ3) is 4.77. The Morgan fingerprint density at radius 3 is 2.68 bits per heavy atom. The quantitative estimate of drug-likeness (QED) is 0.570. The standard InChI is InChI=1S/C8H10F3N5O2S/c1-4-6(18)16(12)7(15-14-4)19-2-5(17)13-3-8(9,10)11/h2-3,12H2,1H3,(H,13,17). The molecule has 3 N–H and O–H groups in total. The number of rotatable bonds is 4. The van der Waals surface area contributed by atoms with E-state index in [4.69, 9.17) is 5.84 Å². The maximum atomic E-state index is 11.8. The van der Waals surface area contributed by atoms with Gasteiger partial charge in [0.05, 0.1) is 5.75 Å². The Morgan fingerprint density at radius 2 is 2.11 bits per heavy atom. The summed E-state index contributed by atoms with van der Waals surface area (Å²) < 4.78 is 36.2. The average molecular weight is 297 g/mol. The van der Waals surface area contributed by atoms with Crippen LogP contribution in [0.15, 0.2) is 9.95 Å². The number of aryl methyl sites for hydroxylation is 1. The topological polar surface area (TPSA) is 103 Å². The van der Waals surface area contributed by atoms with Crippen LogP contribution in [0.5, 0.6) is 0 Å². The molecule has 0 unspecified atom stereocenters. The van der Waals surface area contributed by atoms with E-state index >= 15 is 0 Å². The van der Waals surface area contributed by atoms with Crippen molar-refractivity contribution in [1.82, 2.24) is 20.2 Å². The third-order valence-corrected chi connectivity index (χ3v) is 2.78. The molecule has 0 atom stereocenters. The summed E-state index contributed by atoms with van der Waals surface area (Å²) in [6.07, 6.45) is -4.47. The molecule has 0 bridgehead atoms. The zero-order valence-electron chi connectivity index (χ0n) is 9.69. The van der Waals surface area contributed by atoms with Crippen molar-refractivity contribution in [3.63, 3.8) is 0 Å². The number of hydrogen-bond donors (Lipinski definition) is 2. The number of nitrogens with zero attached hydrogens (tertiary/aromatic N) is 3. The summed E-state index contributed by atoms with van der Waals surface area (Å²) >= 11 is 0.714. The molecule has 1 amide bonds. The molecule has 0 aliphatic carbocycles. The van der Waals surface area contributed by atoms with Crippen molar-refractivity contribution in [2.75, 3.05) is 18.1 Å². The fraction of sp³-hybridized carbons (Fsp3) is 0.500. The van der Waals surface area contributed by atoms with E-state index in [0.717, 1.165) is 0 Å². The highest BCUT2D eigenvalue weighted by Gasteiger charge is 2.27. The van der Waals surface area contributed by atoms with Crippen molar-refractivity contribution >= 4 is 17.7 Å². The fourth-order valence-electron chi connectivity index (χ4n) is 0.948. The van der Waals surface area contributed by atoms with Crippen LogP contribution in [0.2, 0.25) is 0 Å². The summed E-state index contributed by atoms with van der Waals surface area (Å²) in [6.45, 7) is -0.00935. The summed E-state index contributed by atoms with van der Waals surface area (Å²) in [5.74, 6) is 4.18. The molecule has 0 aliphatic rings. The Kier molecular flexibility index (Phi) is 4.75. The van der Waals surface area contributed by atoms with E-state index in [2.05, 4.69) is 10.2 Å². The minimum atomic E-state index is -4.47. The number of alkyl halides is 3. The van der Waals surface area contributed by atoms with E-state index in [9.17, 15) is 22.8 Å². The van der Waals surface area contributed by atoms with Crippen molar-refractivity contribution < 1.29 is 18.0 Å². The number of carbonyl (C=O) groups is 1. The highest BCUT2D eigenvalue weighted by atomic mass is 32.2. The highest BCUT2D eigenvalue weighted by Crippen LogP contribution is 2.13. The van der Waals surface area contributed by atoms with Gasteiger partial charge in [-0.15, -0.1) is 10.2 Å². The van der Waals surface area contributed by atoms with Gasteiger partial charge in [-0.2, -0.15) is 17.8 Å². The first-order valence-electron chi connectivity index (χ1n) is 4.88. The molecule has 0 aromatic carbocycles. The number of hydrogen-bond acceptors (Lipinski definition) is 6. The van der Waals surface area contributed by atoms with Gasteiger partial charge in [0.15, 0.2) is 0 Å². The summed E-state index contributed by atoms with van der Waals surface area (Å²) in [6, 6.07) is 0. The zero-order valence-corrected chi connectivity index (χ0v) is 10.5. The lowest BCUT2D eigenvalue weighted by Crippen LogP contribution is -2.35. The van der Waals surface area contributed by atoms with Gasteiger partial charge in [0, 0.05) is 0 Å². The number of halogens is 3. The predicted octanol–water partition coefficient (Wildman–Crippen LogP) is -0.569. The lowest BCUT2D eigenvalue weighted by Gasteiger charge is -2.08. The lowest BCUT2D eigenvalue weighted by atomic mass is 10.5. The Labute approximate surface area is 109 Å². The second kappa shape index (κ2) is 5.91. The lowest BCUT2D eigenvalue weighted by molar-refractivity contribution is -0.136. The van der Waals surface area contributed by atoms with Crippen LogP contribution in [0.1, 0.15) is 5.69 Å². The van der Waals surface area contributed by atoms with E-state index in [-0.39, 0.29) is 16.6 Å². The molecule has 0 spiro atoms. The molecule has 0 saturated heterocycles. The van der Waals surface area contributed by atoms with E-state index < -0.39 is 24.2 Å². The van der Waals surface area contributed by atoms with Gasteiger partial charge < -0.3 is 11.2 Å². The smallest absolute Gasteiger partial charge is 0.346 e. The normalized spacial score (nSPS) is 11.4. The van der Waals surface area contributed by atoms with Gasteiger partial charge in [-0.25, -0.2) is 0 Å². The molecular formula is C8H10F3N5O2S. The highest BCUT2D eigenvalue weighted by molar-refractivity contribution is 7.99. The molecule has 1 aromatic rings. The number of nitrogens with one attached hydrogen (secondary N) is 1. The molecule has 0 radical (unpaired) electrons. The summed E-state index contributed by atoms with van der Waals surface area (Å²) in [5, 5.41) is 8.69. The average Bonchev–Trinajstić information content (AvgIpc) is 2.32. The van der Waals surface area contributed by atoms with Gasteiger partial charge in [0.1, 0.15) is 12.2 Å². The van der Waals surface area contributed by atoms with E-state index in [1.165, 1.54) is 6.92 Å². The van der Waals surface area contributed by atoms with Crippen molar-refractivity contribution in [1.29, 1.82) is 0 Å². The van der Waals surface area contributed by atoms with E-state index in [1.54, 1.807) is 5.32 Å². The summed E-state index contributed by atoms with van der Waals surface area (Å²) in [5.41, 5.74) is -0.512. The number of nitrogen functional groups attached to an aromatic ring is 1. The van der Waals surface area contributed by atoms with Crippen LogP contribution in [0, 0.1) is 6.92 Å². The van der Waals surface area contributed by atoms with Gasteiger partial charge in [0.2, 0.25) is 11.1 Å². The van der Waals surface area contributed by atoms with Gasteiger partial charge in [-0.05, 0) is 6.92 Å². The Balaban J connectivity index is 2.56. The fourth-order valence-corrected chi connectivity index (χ4v) is 1.63. The number of nitrogens with two attached hydrogens (primary N) is 1. The first-order valence-corrected chi connectivity index (χ1v) is 5.87. The van der Waals surface area contributed by atoms with Gasteiger partial charge >= 0.3 is 6.18 Å². The first kappa shape index (κ1) is 15.3. The molecule has 7 nitrogen and oxygen atoms in total. The third-order valence-electron chi connectivity index (χ3n) is 1.84. The monoisotopic (exact) mass is 297 g/mol. The minimum Gasteiger partial charge on any atom is -0.346 e. The summed E-state index contributed by atoms with van der Waals surface area (Å²) in [7, 11) is 0. The molecule has 11 heteroatoms. The van der Waals surface area contributed by atoms with Crippen LogP contribution in [-0.2, 0) is 4.79 Å². The van der Waals surface area contributed by atoms with Crippen LogP contribution in [0.4, 0.5) is 13.2 Å². The maximum absolute atomic E-state index is 11.8. The Hall–Kier alpha value is -1.78. The van der Waals surface area contributed by atoms with Crippen LogP contribution >= 0.6 is 11.8 Å². The second-order valence-corrected chi connectivity index (χ2v) is 4.37. The molecule has 0 saturated carbocycles. The SMILES string of the molecule is Cc1nnc(SCC(=O)NCC(F)(F)F)n(N)c1=O. The molecule has 19 heavy (non-hydrogen) atoms. The summed E-state index contributed by atoms with van der Waals surface area (Å²) in [4.78, 5) is 22.5. The van der Waals surface area contributed by atoms with Crippen molar-refractivity contribution in [2.45, 2.75) is 18.3 Å². The van der Waals surface area contributed by atoms with Gasteiger partial charge in [-0.1, -0.05) is 11.8 Å². The molecule has 1 heterocycles.